The Morgan fingerprint density at radius 3 is 1.44 bits per heavy atom. The Morgan fingerprint density at radius 2 is 1.44 bits per heavy atom. The highest BCUT2D eigenvalue weighted by Crippen LogP contribution is 1.73. The molecule has 0 bridgehead atoms. The van der Waals surface area contributed by atoms with Crippen molar-refractivity contribution >= 4 is 29.4 Å². The lowest BCUT2D eigenvalue weighted by Gasteiger charge is -1.66. The van der Waals surface area contributed by atoms with Crippen molar-refractivity contribution in [3.8, 4) is 0 Å². The van der Waals surface area contributed by atoms with Crippen LogP contribution in [0.5, 0.6) is 0 Å². The predicted molar refractivity (Wildman–Crippen MR) is 56.5 cm³/mol. The molecule has 0 aliphatic rings. The van der Waals surface area contributed by atoms with E-state index in [1.165, 1.54) is 12.1 Å². The van der Waals surface area contributed by atoms with Crippen LogP contribution in [0.15, 0.2) is 0 Å². The molecule has 0 aromatic carbocycles. The number of hydrogen-bond acceptors (Lipinski definition) is 0. The van der Waals surface area contributed by atoms with Crippen LogP contribution in [0.2, 0.25) is 18.6 Å². The predicted octanol–water partition coefficient (Wildman–Crippen LogP) is 2.02. The van der Waals surface area contributed by atoms with Crippen LogP contribution in [0.1, 0.15) is 21.3 Å². The minimum Gasteiger partial charge on any atom is -0.176 e. The van der Waals surface area contributed by atoms with Crippen molar-refractivity contribution in [1.82, 2.24) is 0 Å². The van der Waals surface area contributed by atoms with Crippen molar-refractivity contribution in [2.45, 2.75) is 39.9 Å². The third-order valence-electron chi connectivity index (χ3n) is 0.689. The van der Waals surface area contributed by atoms with Gasteiger partial charge in [0.2, 0.25) is 0 Å². The van der Waals surface area contributed by atoms with Gasteiger partial charge in [-0.2, -0.15) is 11.1 Å². The molecular weight excluding hydrogens is 164 g/mol. The van der Waals surface area contributed by atoms with Gasteiger partial charge in [0, 0.05) is 9.52 Å². The van der Waals surface area contributed by atoms with Crippen molar-refractivity contribution < 1.29 is 0 Å². The zero-order valence-corrected chi connectivity index (χ0v) is 9.79. The lowest BCUT2D eigenvalue weighted by molar-refractivity contribution is 1.45. The first-order valence-corrected chi connectivity index (χ1v) is 8.94. The van der Waals surface area contributed by atoms with Crippen LogP contribution >= 0.6 is 11.1 Å². The Bertz CT molecular complexity index is 19.0. The van der Waals surface area contributed by atoms with E-state index >= 15 is 0 Å². The summed E-state index contributed by atoms with van der Waals surface area (Å²) < 4.78 is 0. The molecule has 0 saturated heterocycles. The zero-order valence-electron chi connectivity index (χ0n) is 6.21. The molecule has 0 atom stereocenters. The molecule has 0 aliphatic heterocycles. The van der Waals surface area contributed by atoms with E-state index in [-0.39, 0.29) is 16.3 Å². The minimum atomic E-state index is -0.103. The highest BCUT2D eigenvalue weighted by molar-refractivity contribution is 6.93. The molecule has 0 fully saturated rings. The van der Waals surface area contributed by atoms with E-state index in [0.29, 0.717) is 9.52 Å². The SMILES string of the molecule is C.CC[SiH2]C.CC[SiH2]Cl. The summed E-state index contributed by atoms with van der Waals surface area (Å²) in [6, 6.07) is 2.68. The van der Waals surface area contributed by atoms with Gasteiger partial charge < -0.3 is 0 Å². The van der Waals surface area contributed by atoms with E-state index in [0.717, 1.165) is 0 Å². The quantitative estimate of drug-likeness (QED) is 0.455. The van der Waals surface area contributed by atoms with Crippen molar-refractivity contribution in [2.75, 3.05) is 0 Å². The normalized spacial score (nSPS) is 9.33. The van der Waals surface area contributed by atoms with Gasteiger partial charge in [0.1, 0.15) is 8.83 Å². The molecule has 0 nitrogen and oxygen atoms in total. The van der Waals surface area contributed by atoms with E-state index < -0.39 is 0 Å². The molecule has 0 aromatic rings. The Kier molecular flexibility index (Phi) is 42.4. The highest BCUT2D eigenvalue weighted by atomic mass is 35.6. The maximum absolute atomic E-state index is 5.32. The largest absolute Gasteiger partial charge is 0.176 e. The average Bonchev–Trinajstić information content (AvgIpc) is 1.88. The molecule has 0 unspecified atom stereocenters. The van der Waals surface area contributed by atoms with Gasteiger partial charge in [-0.1, -0.05) is 39.9 Å². The maximum atomic E-state index is 5.32. The fourth-order valence-corrected chi connectivity index (χ4v) is 0. The van der Waals surface area contributed by atoms with Crippen LogP contribution in [-0.2, 0) is 0 Å². The van der Waals surface area contributed by atoms with Crippen molar-refractivity contribution in [2.24, 2.45) is 0 Å². The number of hydrogen-bond donors (Lipinski definition) is 0. The molecule has 3 heteroatoms. The van der Waals surface area contributed by atoms with Gasteiger partial charge in [0.15, 0.2) is 0 Å². The molecule has 0 saturated carbocycles. The first kappa shape index (κ1) is 16.4. The summed E-state index contributed by atoms with van der Waals surface area (Å²) in [7, 11) is 0.321. The van der Waals surface area contributed by atoms with E-state index in [4.69, 9.17) is 11.1 Å². The lowest BCUT2D eigenvalue weighted by atomic mass is 11.0. The van der Waals surface area contributed by atoms with Crippen LogP contribution in [0.3, 0.4) is 0 Å². The van der Waals surface area contributed by atoms with Crippen molar-refractivity contribution in [3.05, 3.63) is 0 Å². The highest BCUT2D eigenvalue weighted by Gasteiger charge is 1.62. The summed E-state index contributed by atoms with van der Waals surface area (Å²) in [6.45, 7) is 6.67. The van der Waals surface area contributed by atoms with Gasteiger partial charge in [-0.25, -0.2) is 0 Å². The molecule has 9 heavy (non-hydrogen) atoms. The zero-order chi connectivity index (χ0) is 6.83. The second-order valence-corrected chi connectivity index (χ2v) is 6.20. The van der Waals surface area contributed by atoms with E-state index in [1.54, 1.807) is 0 Å². The van der Waals surface area contributed by atoms with Gasteiger partial charge in [0.05, 0.1) is 0 Å². The Balaban J connectivity index is -0.0000000720. The average molecular weight is 185 g/mol. The first-order valence-electron chi connectivity index (χ1n) is 3.39. The summed E-state index contributed by atoms with van der Waals surface area (Å²) in [5.74, 6) is 0. The molecular formula is C6H21ClSi2. The van der Waals surface area contributed by atoms with Gasteiger partial charge >= 0.3 is 0 Å². The molecule has 0 N–H and O–H groups in total. The molecule has 0 aliphatic carbocycles. The van der Waals surface area contributed by atoms with Crippen LogP contribution < -0.4 is 0 Å². The van der Waals surface area contributed by atoms with Gasteiger partial charge in [-0.05, 0) is 0 Å². The van der Waals surface area contributed by atoms with E-state index in [2.05, 4.69) is 20.4 Å². The monoisotopic (exact) mass is 184 g/mol. The molecule has 0 amide bonds. The Hall–Kier alpha value is 0.724. The molecule has 0 heterocycles. The second kappa shape index (κ2) is 23.3. The summed E-state index contributed by atoms with van der Waals surface area (Å²) in [5, 5.41) is 0. The third kappa shape index (κ3) is 53.2. The van der Waals surface area contributed by atoms with Crippen LogP contribution in [0, 0.1) is 0 Å². The Morgan fingerprint density at radius 1 is 1.22 bits per heavy atom. The van der Waals surface area contributed by atoms with Gasteiger partial charge in [-0.15, -0.1) is 0 Å². The van der Waals surface area contributed by atoms with Crippen LogP contribution in [0.4, 0.5) is 0 Å². The molecule has 60 valence electrons. The number of halogens is 1. The van der Waals surface area contributed by atoms with E-state index in [1.807, 2.05) is 0 Å². The second-order valence-electron chi connectivity index (χ2n) is 1.69. The van der Waals surface area contributed by atoms with Crippen LogP contribution in [-0.4, -0.2) is 18.3 Å². The smallest absolute Gasteiger partial charge is 0.125 e. The van der Waals surface area contributed by atoms with E-state index in [9.17, 15) is 0 Å². The topological polar surface area (TPSA) is 0 Å². The summed E-state index contributed by atoms with van der Waals surface area (Å²) in [5.41, 5.74) is 0. The van der Waals surface area contributed by atoms with Crippen molar-refractivity contribution in [1.29, 1.82) is 0 Å². The molecule has 0 rings (SSSR count). The molecule has 0 aromatic heterocycles. The number of rotatable bonds is 2. The fourth-order valence-electron chi connectivity index (χ4n) is 0. The fraction of sp³-hybridized carbons (Fsp3) is 1.00. The maximum Gasteiger partial charge on any atom is 0.125 e. The Labute approximate surface area is 69.7 Å². The van der Waals surface area contributed by atoms with Gasteiger partial charge in [0.25, 0.3) is 0 Å². The lowest BCUT2D eigenvalue weighted by Crippen LogP contribution is -1.67. The summed E-state index contributed by atoms with van der Waals surface area (Å²) in [4.78, 5) is 0. The van der Waals surface area contributed by atoms with Gasteiger partial charge in [-0.3, -0.25) is 0 Å². The van der Waals surface area contributed by atoms with Crippen LogP contribution in [0.25, 0.3) is 0 Å². The minimum absolute atomic E-state index is 0. The standard InChI is InChI=1S/C3H10Si.C2H7ClSi.CH4/c1-3-4-2;1-2-4-3;/h3-4H2,1-2H3;2,4H2,1H3;1H4. The van der Waals surface area contributed by atoms with Crippen molar-refractivity contribution in [3.63, 3.8) is 0 Å². The first-order chi connectivity index (χ1) is 3.83. The third-order valence-corrected chi connectivity index (χ3v) is 3.20. The molecule has 0 radical (unpaired) electrons. The molecule has 0 spiro atoms. The summed E-state index contributed by atoms with van der Waals surface area (Å²) in [6.07, 6.45) is 0. The summed E-state index contributed by atoms with van der Waals surface area (Å²) >= 11 is 5.32.